The molecule has 1 rings (SSSR count). The van der Waals surface area contributed by atoms with E-state index in [1.165, 1.54) is 27.1 Å². The molecule has 2 amide bonds. The van der Waals surface area contributed by atoms with E-state index in [9.17, 15) is 9.59 Å². The first-order valence-electron chi connectivity index (χ1n) is 5.45. The molecule has 0 aliphatic carbocycles. The van der Waals surface area contributed by atoms with Gasteiger partial charge in [0.05, 0.1) is 11.9 Å². The number of likely N-dealkylation sites (N-methyl/N-ethyl adjacent to an activating group) is 1. The van der Waals surface area contributed by atoms with Crippen LogP contribution in [0.3, 0.4) is 0 Å². The Kier molecular flexibility index (Phi) is 3.90. The van der Waals surface area contributed by atoms with Crippen LogP contribution in [0, 0.1) is 6.92 Å². The Balaban J connectivity index is 2.84. The van der Waals surface area contributed by atoms with Crippen molar-refractivity contribution in [3.8, 4) is 0 Å². The van der Waals surface area contributed by atoms with Gasteiger partial charge in [-0.15, -0.1) is 0 Å². The topological polar surface area (TPSA) is 82.5 Å². The van der Waals surface area contributed by atoms with Gasteiger partial charge in [-0.05, 0) is 32.4 Å². The largest absolute Gasteiger partial charge is 0.480 e. The highest BCUT2D eigenvalue weighted by Crippen LogP contribution is 2.16. The van der Waals surface area contributed by atoms with Crippen molar-refractivity contribution in [2.75, 3.05) is 12.4 Å². The monoisotopic (exact) mass is 251 g/mol. The van der Waals surface area contributed by atoms with Crippen LogP contribution >= 0.6 is 0 Å². The number of carboxylic acid groups (broad SMARTS) is 1. The molecule has 0 unspecified atom stereocenters. The number of urea groups is 1. The van der Waals surface area contributed by atoms with Gasteiger partial charge in [-0.3, -0.25) is 4.98 Å². The molecule has 6 heteroatoms. The summed E-state index contributed by atoms with van der Waals surface area (Å²) >= 11 is 0. The maximum absolute atomic E-state index is 11.9. The van der Waals surface area contributed by atoms with Crippen LogP contribution in [0.25, 0.3) is 0 Å². The zero-order valence-electron chi connectivity index (χ0n) is 10.9. The van der Waals surface area contributed by atoms with Crippen molar-refractivity contribution in [1.82, 2.24) is 9.88 Å². The fourth-order valence-corrected chi connectivity index (χ4v) is 1.19. The number of aromatic nitrogens is 1. The van der Waals surface area contributed by atoms with E-state index in [2.05, 4.69) is 10.3 Å². The summed E-state index contributed by atoms with van der Waals surface area (Å²) in [6.07, 6.45) is 3.14. The number of amides is 2. The summed E-state index contributed by atoms with van der Waals surface area (Å²) in [7, 11) is 1.44. The van der Waals surface area contributed by atoms with Crippen molar-refractivity contribution in [1.29, 1.82) is 0 Å². The number of pyridine rings is 1. The van der Waals surface area contributed by atoms with Gasteiger partial charge >= 0.3 is 12.0 Å². The van der Waals surface area contributed by atoms with Crippen LogP contribution in [-0.2, 0) is 4.79 Å². The van der Waals surface area contributed by atoms with E-state index in [0.717, 1.165) is 10.5 Å². The highest BCUT2D eigenvalue weighted by atomic mass is 16.4. The Bertz CT molecular complexity index is 471. The first-order chi connectivity index (χ1) is 8.26. The van der Waals surface area contributed by atoms with Gasteiger partial charge in [-0.25, -0.2) is 9.59 Å². The Hall–Kier alpha value is -2.11. The summed E-state index contributed by atoms with van der Waals surface area (Å²) in [6, 6.07) is 1.27. The van der Waals surface area contributed by atoms with Gasteiger partial charge < -0.3 is 15.3 Å². The molecular weight excluding hydrogens is 234 g/mol. The van der Waals surface area contributed by atoms with E-state index >= 15 is 0 Å². The Morgan fingerprint density at radius 3 is 2.56 bits per heavy atom. The van der Waals surface area contributed by atoms with E-state index in [1.54, 1.807) is 12.3 Å². The molecule has 0 aromatic carbocycles. The number of aliphatic carboxylic acids is 1. The van der Waals surface area contributed by atoms with Crippen molar-refractivity contribution in [3.05, 3.63) is 24.0 Å². The molecule has 1 heterocycles. The Labute approximate surface area is 106 Å². The zero-order chi connectivity index (χ0) is 13.9. The van der Waals surface area contributed by atoms with Crippen LogP contribution in [0.2, 0.25) is 0 Å². The minimum Gasteiger partial charge on any atom is -0.480 e. The second-order valence-corrected chi connectivity index (χ2v) is 4.54. The Morgan fingerprint density at radius 1 is 1.44 bits per heavy atom. The van der Waals surface area contributed by atoms with Crippen molar-refractivity contribution < 1.29 is 14.7 Å². The first-order valence-corrected chi connectivity index (χ1v) is 5.45. The lowest BCUT2D eigenvalue weighted by molar-refractivity contribution is -0.146. The summed E-state index contributed by atoms with van der Waals surface area (Å²) in [5.41, 5.74) is 0.149. The van der Waals surface area contributed by atoms with Gasteiger partial charge in [-0.2, -0.15) is 0 Å². The van der Waals surface area contributed by atoms with E-state index in [1.807, 2.05) is 6.92 Å². The molecule has 0 atom stereocenters. The van der Waals surface area contributed by atoms with Crippen molar-refractivity contribution in [2.45, 2.75) is 26.3 Å². The van der Waals surface area contributed by atoms with E-state index < -0.39 is 17.5 Å². The molecule has 0 saturated heterocycles. The Morgan fingerprint density at radius 2 is 2.06 bits per heavy atom. The number of aryl methyl sites for hydroxylation is 1. The summed E-state index contributed by atoms with van der Waals surface area (Å²) in [6.45, 7) is 4.76. The predicted octanol–water partition coefficient (Wildman–Crippen LogP) is 1.72. The van der Waals surface area contributed by atoms with Crippen LogP contribution < -0.4 is 5.32 Å². The molecule has 0 radical (unpaired) electrons. The lowest BCUT2D eigenvalue weighted by Crippen LogP contribution is -2.52. The second-order valence-electron chi connectivity index (χ2n) is 4.54. The summed E-state index contributed by atoms with van der Waals surface area (Å²) < 4.78 is 0. The number of nitrogens with zero attached hydrogens (tertiary/aromatic N) is 2. The fourth-order valence-electron chi connectivity index (χ4n) is 1.19. The minimum absolute atomic E-state index is 0.487. The molecule has 6 nitrogen and oxygen atoms in total. The van der Waals surface area contributed by atoms with Gasteiger partial charge in [0.15, 0.2) is 0 Å². The molecule has 0 saturated carbocycles. The lowest BCUT2D eigenvalue weighted by atomic mass is 10.1. The van der Waals surface area contributed by atoms with Crippen LogP contribution in [0.1, 0.15) is 19.4 Å². The maximum atomic E-state index is 11.9. The van der Waals surface area contributed by atoms with Crippen LogP contribution in [0.15, 0.2) is 18.5 Å². The molecule has 1 aromatic rings. The molecule has 2 N–H and O–H groups in total. The minimum atomic E-state index is -1.28. The number of carbonyl (C=O) groups excluding carboxylic acids is 1. The molecule has 0 aliphatic rings. The third-order valence-corrected chi connectivity index (χ3v) is 2.95. The third kappa shape index (κ3) is 2.77. The number of nitrogens with one attached hydrogen (secondary N) is 1. The predicted molar refractivity (Wildman–Crippen MR) is 67.5 cm³/mol. The fraction of sp³-hybridized carbons (Fsp3) is 0.417. The molecular formula is C12H17N3O3. The number of carbonyl (C=O) groups is 2. The summed E-state index contributed by atoms with van der Waals surface area (Å²) in [5, 5.41) is 11.7. The van der Waals surface area contributed by atoms with E-state index in [0.29, 0.717) is 5.69 Å². The standard InChI is InChI=1S/C12H17N3O3/c1-8-5-6-13-7-9(8)14-11(18)15(4)12(2,3)10(16)17/h5-7H,1-4H3,(H,14,18)(H,16,17). The van der Waals surface area contributed by atoms with E-state index in [-0.39, 0.29) is 0 Å². The summed E-state index contributed by atoms with van der Waals surface area (Å²) in [5.74, 6) is -1.07. The molecule has 1 aromatic heterocycles. The molecule has 0 spiro atoms. The summed E-state index contributed by atoms with van der Waals surface area (Å²) in [4.78, 5) is 28.0. The van der Waals surface area contributed by atoms with Crippen molar-refractivity contribution >= 4 is 17.7 Å². The molecule has 0 aliphatic heterocycles. The lowest BCUT2D eigenvalue weighted by Gasteiger charge is -2.31. The highest BCUT2D eigenvalue weighted by molar-refractivity contribution is 5.93. The van der Waals surface area contributed by atoms with Gasteiger partial charge in [0.1, 0.15) is 5.54 Å². The molecule has 98 valence electrons. The van der Waals surface area contributed by atoms with Crippen molar-refractivity contribution in [2.24, 2.45) is 0 Å². The molecule has 0 bridgehead atoms. The zero-order valence-corrected chi connectivity index (χ0v) is 10.9. The average Bonchev–Trinajstić information content (AvgIpc) is 2.30. The highest BCUT2D eigenvalue weighted by Gasteiger charge is 2.35. The normalized spacial score (nSPS) is 10.9. The molecule has 18 heavy (non-hydrogen) atoms. The van der Waals surface area contributed by atoms with E-state index in [4.69, 9.17) is 5.11 Å². The smallest absolute Gasteiger partial charge is 0.329 e. The third-order valence-electron chi connectivity index (χ3n) is 2.95. The quantitative estimate of drug-likeness (QED) is 0.856. The SMILES string of the molecule is Cc1ccncc1NC(=O)N(C)C(C)(C)C(=O)O. The van der Waals surface area contributed by atoms with Gasteiger partial charge in [-0.1, -0.05) is 0 Å². The van der Waals surface area contributed by atoms with Crippen LogP contribution in [0.5, 0.6) is 0 Å². The van der Waals surface area contributed by atoms with Gasteiger partial charge in [0, 0.05) is 13.2 Å². The van der Waals surface area contributed by atoms with Crippen LogP contribution in [0.4, 0.5) is 10.5 Å². The average molecular weight is 251 g/mol. The first kappa shape index (κ1) is 14.0. The number of rotatable bonds is 3. The van der Waals surface area contributed by atoms with Gasteiger partial charge in [0.25, 0.3) is 0 Å². The van der Waals surface area contributed by atoms with Crippen LogP contribution in [-0.4, -0.2) is 39.6 Å². The number of hydrogen-bond acceptors (Lipinski definition) is 3. The number of anilines is 1. The number of hydrogen-bond donors (Lipinski definition) is 2. The second kappa shape index (κ2) is 5.03. The molecule has 0 fully saturated rings. The van der Waals surface area contributed by atoms with Gasteiger partial charge in [0.2, 0.25) is 0 Å². The number of carboxylic acids is 1. The van der Waals surface area contributed by atoms with Crippen molar-refractivity contribution in [3.63, 3.8) is 0 Å². The maximum Gasteiger partial charge on any atom is 0.329 e.